The predicted molar refractivity (Wildman–Crippen MR) is 82.6 cm³/mol. The smallest absolute Gasteiger partial charge is 0.323 e. The number of halogens is 1. The molecule has 0 aliphatic rings. The molecule has 1 rings (SSSR count). The highest BCUT2D eigenvalue weighted by molar-refractivity contribution is 6.30. The third kappa shape index (κ3) is 6.99. The molecule has 0 saturated heterocycles. The van der Waals surface area contributed by atoms with Gasteiger partial charge in [-0.3, -0.25) is 4.79 Å². The van der Waals surface area contributed by atoms with Gasteiger partial charge in [0, 0.05) is 18.1 Å². The van der Waals surface area contributed by atoms with E-state index in [1.807, 2.05) is 26.0 Å². The summed E-state index contributed by atoms with van der Waals surface area (Å²) < 4.78 is 0. The number of rotatable bonds is 7. The summed E-state index contributed by atoms with van der Waals surface area (Å²) in [6.45, 7) is 4.46. The number of carbonyl (C=O) groups is 2. The monoisotopic (exact) mass is 312 g/mol. The van der Waals surface area contributed by atoms with Crippen LogP contribution in [-0.2, 0) is 11.2 Å². The van der Waals surface area contributed by atoms with Crippen molar-refractivity contribution in [2.75, 3.05) is 19.6 Å². The van der Waals surface area contributed by atoms with Crippen LogP contribution in [-0.4, -0.2) is 41.6 Å². The minimum Gasteiger partial charge on any atom is -0.480 e. The number of hydrogen-bond donors (Lipinski definition) is 2. The fourth-order valence-electron chi connectivity index (χ4n) is 1.90. The zero-order valence-electron chi connectivity index (χ0n) is 12.3. The lowest BCUT2D eigenvalue weighted by Crippen LogP contribution is -2.45. The average molecular weight is 313 g/mol. The molecule has 0 atom stereocenters. The van der Waals surface area contributed by atoms with E-state index in [1.54, 1.807) is 12.1 Å². The maximum atomic E-state index is 12.0. The summed E-state index contributed by atoms with van der Waals surface area (Å²) in [6.07, 6.45) is 0.672. The Balaban J connectivity index is 2.45. The van der Waals surface area contributed by atoms with Gasteiger partial charge in [0.25, 0.3) is 0 Å². The van der Waals surface area contributed by atoms with E-state index in [-0.39, 0.29) is 18.5 Å². The van der Waals surface area contributed by atoms with Crippen LogP contribution in [0.25, 0.3) is 0 Å². The standard InChI is InChI=1S/C15H21ClN2O3/c1-11(2)9-18(10-14(19)20)15(21)17-8-7-12-3-5-13(16)6-4-12/h3-6,11H,7-10H2,1-2H3,(H,17,21)(H,19,20). The van der Waals surface area contributed by atoms with Crippen LogP contribution in [0.4, 0.5) is 4.79 Å². The van der Waals surface area contributed by atoms with Crippen molar-refractivity contribution in [1.82, 2.24) is 10.2 Å². The fourth-order valence-corrected chi connectivity index (χ4v) is 2.03. The Morgan fingerprint density at radius 2 is 1.90 bits per heavy atom. The van der Waals surface area contributed by atoms with Gasteiger partial charge in [-0.05, 0) is 30.0 Å². The van der Waals surface area contributed by atoms with Crippen molar-refractivity contribution in [3.63, 3.8) is 0 Å². The lowest BCUT2D eigenvalue weighted by atomic mass is 10.1. The van der Waals surface area contributed by atoms with Crippen LogP contribution in [0, 0.1) is 5.92 Å². The summed E-state index contributed by atoms with van der Waals surface area (Å²) in [5.41, 5.74) is 1.06. The first kappa shape index (κ1) is 17.3. The molecule has 0 heterocycles. The molecule has 0 aliphatic heterocycles. The van der Waals surface area contributed by atoms with Crippen molar-refractivity contribution in [3.05, 3.63) is 34.9 Å². The highest BCUT2D eigenvalue weighted by Crippen LogP contribution is 2.09. The lowest BCUT2D eigenvalue weighted by Gasteiger charge is -2.23. The Labute approximate surface area is 129 Å². The number of amides is 2. The molecule has 2 N–H and O–H groups in total. The van der Waals surface area contributed by atoms with E-state index in [0.717, 1.165) is 5.56 Å². The molecule has 0 aromatic heterocycles. The minimum absolute atomic E-state index is 0.214. The second-order valence-electron chi connectivity index (χ2n) is 5.28. The van der Waals surface area contributed by atoms with Crippen LogP contribution in [0.2, 0.25) is 5.02 Å². The van der Waals surface area contributed by atoms with Crippen molar-refractivity contribution in [2.24, 2.45) is 5.92 Å². The van der Waals surface area contributed by atoms with Crippen molar-refractivity contribution >= 4 is 23.6 Å². The highest BCUT2D eigenvalue weighted by Gasteiger charge is 2.17. The normalized spacial score (nSPS) is 10.5. The number of carbonyl (C=O) groups excluding carboxylic acids is 1. The number of urea groups is 1. The van der Waals surface area contributed by atoms with Gasteiger partial charge in [-0.2, -0.15) is 0 Å². The number of nitrogens with one attached hydrogen (secondary N) is 1. The molecule has 0 bridgehead atoms. The summed E-state index contributed by atoms with van der Waals surface area (Å²) in [5, 5.41) is 12.3. The Morgan fingerprint density at radius 1 is 1.29 bits per heavy atom. The molecule has 6 heteroatoms. The molecular weight excluding hydrogens is 292 g/mol. The SMILES string of the molecule is CC(C)CN(CC(=O)O)C(=O)NCCc1ccc(Cl)cc1. The van der Waals surface area contributed by atoms with Gasteiger partial charge in [0.15, 0.2) is 0 Å². The Kier molecular flexibility index (Phi) is 7.02. The molecular formula is C15H21ClN2O3. The van der Waals surface area contributed by atoms with Gasteiger partial charge in [-0.25, -0.2) is 4.79 Å². The number of hydrogen-bond acceptors (Lipinski definition) is 2. The van der Waals surface area contributed by atoms with Gasteiger partial charge in [0.2, 0.25) is 0 Å². The summed E-state index contributed by atoms with van der Waals surface area (Å²) in [7, 11) is 0. The molecule has 0 saturated carbocycles. The van der Waals surface area contributed by atoms with Gasteiger partial charge in [0.1, 0.15) is 6.54 Å². The number of aliphatic carboxylic acids is 1. The molecule has 0 fully saturated rings. The van der Waals surface area contributed by atoms with Crippen LogP contribution in [0.1, 0.15) is 19.4 Å². The number of carboxylic acid groups (broad SMARTS) is 1. The topological polar surface area (TPSA) is 69.6 Å². The number of carboxylic acids is 1. The van der Waals surface area contributed by atoms with Crippen molar-refractivity contribution in [2.45, 2.75) is 20.3 Å². The van der Waals surface area contributed by atoms with Crippen LogP contribution < -0.4 is 5.32 Å². The molecule has 0 spiro atoms. The Hall–Kier alpha value is -1.75. The van der Waals surface area contributed by atoms with Crippen LogP contribution in [0.15, 0.2) is 24.3 Å². The van der Waals surface area contributed by atoms with Crippen LogP contribution >= 0.6 is 11.6 Å². The van der Waals surface area contributed by atoms with E-state index in [9.17, 15) is 9.59 Å². The first-order valence-corrected chi connectivity index (χ1v) is 7.25. The van der Waals surface area contributed by atoms with Crippen molar-refractivity contribution < 1.29 is 14.7 Å². The van der Waals surface area contributed by atoms with Crippen LogP contribution in [0.5, 0.6) is 0 Å². The average Bonchev–Trinajstić information content (AvgIpc) is 2.39. The maximum Gasteiger partial charge on any atom is 0.323 e. The largest absolute Gasteiger partial charge is 0.480 e. The molecule has 1 aromatic rings. The third-order valence-electron chi connectivity index (χ3n) is 2.80. The zero-order chi connectivity index (χ0) is 15.8. The second-order valence-corrected chi connectivity index (χ2v) is 5.71. The number of nitrogens with zero attached hydrogens (tertiary/aromatic N) is 1. The fraction of sp³-hybridized carbons (Fsp3) is 0.467. The van der Waals surface area contributed by atoms with Crippen molar-refractivity contribution in [1.29, 1.82) is 0 Å². The molecule has 116 valence electrons. The van der Waals surface area contributed by atoms with Gasteiger partial charge in [0.05, 0.1) is 0 Å². The van der Waals surface area contributed by atoms with Gasteiger partial charge < -0.3 is 15.3 Å². The van der Waals surface area contributed by atoms with E-state index in [0.29, 0.717) is 24.5 Å². The van der Waals surface area contributed by atoms with Gasteiger partial charge in [-0.15, -0.1) is 0 Å². The van der Waals surface area contributed by atoms with E-state index < -0.39 is 5.97 Å². The van der Waals surface area contributed by atoms with Gasteiger partial charge >= 0.3 is 12.0 Å². The van der Waals surface area contributed by atoms with Crippen LogP contribution in [0.3, 0.4) is 0 Å². The van der Waals surface area contributed by atoms with E-state index in [4.69, 9.17) is 16.7 Å². The van der Waals surface area contributed by atoms with Gasteiger partial charge in [-0.1, -0.05) is 37.6 Å². The second kappa shape index (κ2) is 8.52. The first-order chi connectivity index (χ1) is 9.88. The molecule has 21 heavy (non-hydrogen) atoms. The zero-order valence-corrected chi connectivity index (χ0v) is 13.1. The molecule has 2 amide bonds. The van der Waals surface area contributed by atoms with E-state index in [1.165, 1.54) is 4.90 Å². The number of benzene rings is 1. The minimum atomic E-state index is -1.01. The van der Waals surface area contributed by atoms with Crippen molar-refractivity contribution in [3.8, 4) is 0 Å². The third-order valence-corrected chi connectivity index (χ3v) is 3.05. The summed E-state index contributed by atoms with van der Waals surface area (Å²) >= 11 is 5.80. The molecule has 1 aromatic carbocycles. The summed E-state index contributed by atoms with van der Waals surface area (Å²) in [6, 6.07) is 7.05. The molecule has 5 nitrogen and oxygen atoms in total. The summed E-state index contributed by atoms with van der Waals surface area (Å²) in [4.78, 5) is 24.1. The Morgan fingerprint density at radius 3 is 2.43 bits per heavy atom. The predicted octanol–water partition coefficient (Wildman–Crippen LogP) is 2.63. The molecule has 0 aliphatic carbocycles. The molecule has 0 unspecified atom stereocenters. The first-order valence-electron chi connectivity index (χ1n) is 6.87. The van der Waals surface area contributed by atoms with E-state index >= 15 is 0 Å². The van der Waals surface area contributed by atoms with E-state index in [2.05, 4.69) is 5.32 Å². The quantitative estimate of drug-likeness (QED) is 0.813. The highest BCUT2D eigenvalue weighted by atomic mass is 35.5. The Bertz CT molecular complexity index is 474. The summed E-state index contributed by atoms with van der Waals surface area (Å²) in [5.74, 6) is -0.796. The lowest BCUT2D eigenvalue weighted by molar-refractivity contribution is -0.137. The molecule has 0 radical (unpaired) electrons. The maximum absolute atomic E-state index is 12.0.